The first-order chi connectivity index (χ1) is 17.1. The summed E-state index contributed by atoms with van der Waals surface area (Å²) in [6.45, 7) is 0. The first kappa shape index (κ1) is 22.9. The second-order valence-corrected chi connectivity index (χ2v) is 9.06. The van der Waals surface area contributed by atoms with Crippen LogP contribution in [0.3, 0.4) is 0 Å². The Labute approximate surface area is 214 Å². The summed E-state index contributed by atoms with van der Waals surface area (Å²) in [6.07, 6.45) is 0.836. The lowest BCUT2D eigenvalue weighted by atomic mass is 9.93. The third kappa shape index (κ3) is 5.14. The van der Waals surface area contributed by atoms with Crippen molar-refractivity contribution in [3.8, 4) is 33.4 Å². The molecular weight excluding hydrogens is 473 g/mol. The Bertz CT molecular complexity index is 1480. The Kier molecular flexibility index (Phi) is 6.67. The molecule has 0 unspecified atom stereocenters. The van der Waals surface area contributed by atoms with Gasteiger partial charge in [0.1, 0.15) is 6.29 Å². The maximum atomic E-state index is 11.0. The molecule has 0 spiro atoms. The molecule has 0 fully saturated rings. The molecule has 0 aliphatic heterocycles. The first-order valence-corrected chi connectivity index (χ1v) is 11.9. The maximum Gasteiger partial charge on any atom is 0.150 e. The highest BCUT2D eigenvalue weighted by Crippen LogP contribution is 2.37. The number of halogens is 2. The van der Waals surface area contributed by atoms with E-state index in [9.17, 15) is 4.79 Å². The summed E-state index contributed by atoms with van der Waals surface area (Å²) < 4.78 is 0. The highest BCUT2D eigenvalue weighted by Gasteiger charge is 2.11. The Hall–Kier alpha value is -3.85. The van der Waals surface area contributed by atoms with Crippen molar-refractivity contribution in [2.24, 2.45) is 0 Å². The average Bonchev–Trinajstić information content (AvgIpc) is 2.91. The lowest BCUT2D eigenvalue weighted by Gasteiger charge is -2.15. The SMILES string of the molecule is O=Cc1ccc(Nc2ccc(Cl)cc2-c2ccc(-c3ccc(Cl)cc3-c3ccccc3)cc2)cc1. The molecule has 0 amide bonds. The van der Waals surface area contributed by atoms with E-state index in [1.165, 1.54) is 0 Å². The molecule has 0 bridgehead atoms. The molecule has 0 aliphatic rings. The van der Waals surface area contributed by atoms with Crippen molar-refractivity contribution in [2.45, 2.75) is 0 Å². The fourth-order valence-corrected chi connectivity index (χ4v) is 4.46. The highest BCUT2D eigenvalue weighted by atomic mass is 35.5. The molecule has 5 aromatic rings. The Balaban J connectivity index is 1.50. The summed E-state index contributed by atoms with van der Waals surface area (Å²) in [4.78, 5) is 11.0. The molecule has 5 rings (SSSR count). The second kappa shape index (κ2) is 10.2. The minimum absolute atomic E-state index is 0.638. The van der Waals surface area contributed by atoms with Crippen LogP contribution in [0.25, 0.3) is 33.4 Å². The van der Waals surface area contributed by atoms with Crippen LogP contribution in [0.2, 0.25) is 10.0 Å². The number of carbonyl (C=O) groups excluding carboxylic acids is 1. The Morgan fingerprint density at radius 1 is 0.543 bits per heavy atom. The smallest absolute Gasteiger partial charge is 0.150 e. The minimum atomic E-state index is 0.638. The molecule has 2 nitrogen and oxygen atoms in total. The van der Waals surface area contributed by atoms with Gasteiger partial charge in [-0.25, -0.2) is 0 Å². The lowest BCUT2D eigenvalue weighted by Crippen LogP contribution is -1.94. The molecule has 35 heavy (non-hydrogen) atoms. The maximum absolute atomic E-state index is 11.0. The summed E-state index contributed by atoms with van der Waals surface area (Å²) in [5.74, 6) is 0. The van der Waals surface area contributed by atoms with Gasteiger partial charge in [0.2, 0.25) is 0 Å². The highest BCUT2D eigenvalue weighted by molar-refractivity contribution is 6.31. The van der Waals surface area contributed by atoms with Crippen LogP contribution in [-0.2, 0) is 0 Å². The summed E-state index contributed by atoms with van der Waals surface area (Å²) in [5, 5.41) is 4.81. The van der Waals surface area contributed by atoms with E-state index >= 15 is 0 Å². The number of benzene rings is 5. The monoisotopic (exact) mass is 493 g/mol. The fraction of sp³-hybridized carbons (Fsp3) is 0. The van der Waals surface area contributed by atoms with Crippen molar-refractivity contribution in [1.82, 2.24) is 0 Å². The molecule has 0 atom stereocenters. The zero-order valence-corrected chi connectivity index (χ0v) is 20.2. The van der Waals surface area contributed by atoms with Crippen LogP contribution in [0.1, 0.15) is 10.4 Å². The van der Waals surface area contributed by atoms with Gasteiger partial charge in [0.25, 0.3) is 0 Å². The van der Waals surface area contributed by atoms with Crippen LogP contribution >= 0.6 is 23.2 Å². The zero-order chi connectivity index (χ0) is 24.2. The largest absolute Gasteiger partial charge is 0.355 e. The van der Waals surface area contributed by atoms with E-state index in [-0.39, 0.29) is 0 Å². The van der Waals surface area contributed by atoms with E-state index in [1.54, 1.807) is 12.1 Å². The van der Waals surface area contributed by atoms with Crippen molar-refractivity contribution >= 4 is 40.9 Å². The van der Waals surface area contributed by atoms with Crippen molar-refractivity contribution in [3.63, 3.8) is 0 Å². The van der Waals surface area contributed by atoms with Gasteiger partial charge in [-0.05, 0) is 82.4 Å². The van der Waals surface area contributed by atoms with Gasteiger partial charge in [-0.1, -0.05) is 83.9 Å². The van der Waals surface area contributed by atoms with E-state index < -0.39 is 0 Å². The quantitative estimate of drug-likeness (QED) is 0.238. The topological polar surface area (TPSA) is 29.1 Å². The zero-order valence-electron chi connectivity index (χ0n) is 18.7. The van der Waals surface area contributed by atoms with Crippen molar-refractivity contribution in [3.05, 3.63) is 131 Å². The summed E-state index contributed by atoms with van der Waals surface area (Å²) in [5.41, 5.74) is 8.92. The lowest BCUT2D eigenvalue weighted by molar-refractivity contribution is 0.112. The van der Waals surface area contributed by atoms with Gasteiger partial charge >= 0.3 is 0 Å². The number of aldehydes is 1. The van der Waals surface area contributed by atoms with Gasteiger partial charge in [0.15, 0.2) is 0 Å². The molecule has 0 saturated heterocycles. The van der Waals surface area contributed by atoms with Crippen molar-refractivity contribution in [2.75, 3.05) is 5.32 Å². The third-order valence-electron chi connectivity index (χ3n) is 5.88. The number of anilines is 2. The van der Waals surface area contributed by atoms with Crippen LogP contribution in [0.15, 0.2) is 115 Å². The molecule has 0 saturated carbocycles. The first-order valence-electron chi connectivity index (χ1n) is 11.2. The van der Waals surface area contributed by atoms with Gasteiger partial charge in [-0.3, -0.25) is 4.79 Å². The summed E-state index contributed by atoms with van der Waals surface area (Å²) >= 11 is 12.7. The van der Waals surface area contributed by atoms with Crippen molar-refractivity contribution in [1.29, 1.82) is 0 Å². The van der Waals surface area contributed by atoms with E-state index in [1.807, 2.05) is 60.7 Å². The summed E-state index contributed by atoms with van der Waals surface area (Å²) in [7, 11) is 0. The molecule has 1 N–H and O–H groups in total. The molecule has 0 aromatic heterocycles. The summed E-state index contributed by atoms with van der Waals surface area (Å²) in [6, 6.07) is 37.8. The van der Waals surface area contributed by atoms with Gasteiger partial charge < -0.3 is 5.32 Å². The second-order valence-electron chi connectivity index (χ2n) is 8.19. The normalized spacial score (nSPS) is 10.7. The average molecular weight is 494 g/mol. The predicted octanol–water partition coefficient (Wildman–Crippen LogP) is 9.55. The molecule has 0 heterocycles. The Morgan fingerprint density at radius 3 is 1.77 bits per heavy atom. The van der Waals surface area contributed by atoms with Gasteiger partial charge in [-0.2, -0.15) is 0 Å². The van der Waals surface area contributed by atoms with Crippen LogP contribution in [0.4, 0.5) is 11.4 Å². The van der Waals surface area contributed by atoms with Gasteiger partial charge in [-0.15, -0.1) is 0 Å². The van der Waals surface area contributed by atoms with E-state index in [0.29, 0.717) is 15.6 Å². The fourth-order valence-electron chi connectivity index (χ4n) is 4.12. The third-order valence-corrected chi connectivity index (χ3v) is 6.35. The molecule has 170 valence electrons. The predicted molar refractivity (Wildman–Crippen MR) is 148 cm³/mol. The van der Waals surface area contributed by atoms with Crippen LogP contribution in [0, 0.1) is 0 Å². The van der Waals surface area contributed by atoms with E-state index in [4.69, 9.17) is 23.2 Å². The van der Waals surface area contributed by atoms with Crippen LogP contribution in [-0.4, -0.2) is 6.29 Å². The van der Waals surface area contributed by atoms with E-state index in [0.717, 1.165) is 51.0 Å². The Morgan fingerprint density at radius 2 is 1.11 bits per heavy atom. The molecule has 4 heteroatoms. The van der Waals surface area contributed by atoms with E-state index in [2.05, 4.69) is 47.8 Å². The number of rotatable bonds is 6. The van der Waals surface area contributed by atoms with Gasteiger partial charge in [0, 0.05) is 32.5 Å². The minimum Gasteiger partial charge on any atom is -0.355 e. The number of carbonyl (C=O) groups is 1. The van der Waals surface area contributed by atoms with Crippen LogP contribution < -0.4 is 5.32 Å². The number of hydrogen-bond donors (Lipinski definition) is 1. The van der Waals surface area contributed by atoms with Crippen LogP contribution in [0.5, 0.6) is 0 Å². The molecular formula is C31H21Cl2NO. The molecule has 0 radical (unpaired) electrons. The number of hydrogen-bond acceptors (Lipinski definition) is 2. The number of nitrogens with one attached hydrogen (secondary N) is 1. The van der Waals surface area contributed by atoms with Gasteiger partial charge in [0.05, 0.1) is 0 Å². The van der Waals surface area contributed by atoms with Crippen molar-refractivity contribution < 1.29 is 4.79 Å². The molecule has 5 aromatic carbocycles. The standard InChI is InChI=1S/C31H21Cl2NO/c32-25-12-16-28(29(18-25)22-4-2-1-3-5-22)23-8-10-24(11-9-23)30-19-26(33)13-17-31(30)34-27-14-6-21(20-35)7-15-27/h1-20,34H. The molecule has 0 aliphatic carbocycles.